The summed E-state index contributed by atoms with van der Waals surface area (Å²) in [4.78, 5) is 3.69. The van der Waals surface area contributed by atoms with Crippen LogP contribution in [-0.4, -0.2) is 12.1 Å². The Morgan fingerprint density at radius 3 is 2.35 bits per heavy atom. The summed E-state index contributed by atoms with van der Waals surface area (Å²) in [5.74, 6) is 0.874. The quantitative estimate of drug-likeness (QED) is 0.551. The largest absolute Gasteiger partial charge is 0.478 e. The summed E-state index contributed by atoms with van der Waals surface area (Å²) in [6, 6.07) is 0. The lowest BCUT2D eigenvalue weighted by Gasteiger charge is -2.27. The molecule has 0 amide bonds. The molecule has 0 saturated heterocycles. The molecule has 1 heterocycles. The van der Waals surface area contributed by atoms with E-state index in [1.807, 2.05) is 0 Å². The van der Waals surface area contributed by atoms with Crippen LogP contribution in [0.5, 0.6) is 5.88 Å². The van der Waals surface area contributed by atoms with Crippen LogP contribution in [0.4, 0.5) is 4.39 Å². The molecule has 1 atom stereocenters. The summed E-state index contributed by atoms with van der Waals surface area (Å²) in [5.41, 5.74) is -0.188. The summed E-state index contributed by atoms with van der Waals surface area (Å²) in [5, 5.41) is 0. The van der Waals surface area contributed by atoms with Crippen LogP contribution < -0.4 is 4.74 Å². The van der Waals surface area contributed by atoms with Crippen LogP contribution in [0, 0.1) is 6.14 Å². The first-order valence-electron chi connectivity index (χ1n) is 7.78. The second kappa shape index (κ2) is 8.28. The van der Waals surface area contributed by atoms with Gasteiger partial charge in [-0.25, -0.2) is 0 Å². The number of unbranched alkanes of at least 4 members (excludes halogenated alkanes) is 4. The molecule has 0 aliphatic heterocycles. The Morgan fingerprint density at radius 2 is 1.75 bits per heavy atom. The summed E-state index contributed by atoms with van der Waals surface area (Å²) < 4.78 is 23.7. The fourth-order valence-corrected chi connectivity index (χ4v) is 2.66. The topological polar surface area (TPSA) is 35.3 Å². The molecule has 0 spiro atoms. The number of halogens is 1. The van der Waals surface area contributed by atoms with E-state index in [1.165, 1.54) is 26.4 Å². The van der Waals surface area contributed by atoms with Crippen molar-refractivity contribution in [3.8, 4) is 5.88 Å². The van der Waals surface area contributed by atoms with Gasteiger partial charge in [-0.05, 0) is 12.8 Å². The van der Waals surface area contributed by atoms with Crippen molar-refractivity contribution >= 4 is 0 Å². The Kier molecular flexibility index (Phi) is 7.03. The van der Waals surface area contributed by atoms with Gasteiger partial charge >= 0.3 is 6.14 Å². The van der Waals surface area contributed by atoms with Crippen LogP contribution in [0.25, 0.3) is 0 Å². The average molecular weight is 285 g/mol. The maximum absolute atomic E-state index is 13.3. The number of hydrogen-bond acceptors (Lipinski definition) is 3. The van der Waals surface area contributed by atoms with Crippen molar-refractivity contribution in [3.63, 3.8) is 0 Å². The van der Waals surface area contributed by atoms with Gasteiger partial charge in [-0.1, -0.05) is 59.3 Å². The molecule has 0 N–H and O–H groups in total. The predicted molar refractivity (Wildman–Crippen MR) is 78.6 cm³/mol. The van der Waals surface area contributed by atoms with E-state index in [4.69, 9.17) is 9.15 Å². The van der Waals surface area contributed by atoms with Crippen molar-refractivity contribution in [1.82, 2.24) is 4.98 Å². The number of aromatic nitrogens is 1. The minimum absolute atomic E-state index is 0.188. The smallest absolute Gasteiger partial charge is 0.385 e. The number of rotatable bonds is 10. The third-order valence-electron chi connectivity index (χ3n) is 3.98. The van der Waals surface area contributed by atoms with Gasteiger partial charge in [0.15, 0.2) is 5.76 Å². The Labute approximate surface area is 121 Å². The molecule has 4 heteroatoms. The van der Waals surface area contributed by atoms with Gasteiger partial charge in [0.1, 0.15) is 0 Å². The van der Waals surface area contributed by atoms with E-state index in [-0.39, 0.29) is 5.41 Å². The zero-order valence-corrected chi connectivity index (χ0v) is 13.3. The Balaban J connectivity index is 2.84. The lowest BCUT2D eigenvalue weighted by molar-refractivity contribution is 0.243. The SMILES string of the molecule is CCCCCCC(C)(CCCC)c1oc(F)nc1OC. The lowest BCUT2D eigenvalue weighted by atomic mass is 9.78. The Bertz CT molecular complexity index is 392. The number of methoxy groups -OCH3 is 1. The first-order valence-corrected chi connectivity index (χ1v) is 7.78. The van der Waals surface area contributed by atoms with Crippen LogP contribution in [0.15, 0.2) is 4.42 Å². The summed E-state index contributed by atoms with van der Waals surface area (Å²) in [7, 11) is 1.51. The van der Waals surface area contributed by atoms with Crippen molar-refractivity contribution in [3.05, 3.63) is 11.9 Å². The van der Waals surface area contributed by atoms with Crippen molar-refractivity contribution < 1.29 is 13.5 Å². The van der Waals surface area contributed by atoms with Gasteiger partial charge in [0.25, 0.3) is 5.88 Å². The van der Waals surface area contributed by atoms with E-state index < -0.39 is 6.14 Å². The first-order chi connectivity index (χ1) is 9.57. The van der Waals surface area contributed by atoms with E-state index in [1.54, 1.807) is 0 Å². The molecule has 0 fully saturated rings. The van der Waals surface area contributed by atoms with Crippen molar-refractivity contribution in [2.24, 2.45) is 0 Å². The van der Waals surface area contributed by atoms with Gasteiger partial charge in [-0.2, -0.15) is 0 Å². The molecule has 116 valence electrons. The molecular formula is C16H28FNO2. The molecule has 0 saturated carbocycles. The van der Waals surface area contributed by atoms with E-state index in [0.29, 0.717) is 11.6 Å². The standard InChI is InChI=1S/C16H28FNO2/c1-5-7-9-10-12-16(3,11-8-6-2)13-14(19-4)18-15(17)20-13/h5-12H2,1-4H3. The predicted octanol–water partition coefficient (Wildman–Crippen LogP) is 5.24. The third-order valence-corrected chi connectivity index (χ3v) is 3.98. The molecule has 1 unspecified atom stereocenters. The van der Waals surface area contributed by atoms with Gasteiger partial charge in [0.2, 0.25) is 0 Å². The fraction of sp³-hybridized carbons (Fsp3) is 0.812. The summed E-state index contributed by atoms with van der Waals surface area (Å²) in [6.45, 7) is 6.50. The zero-order chi connectivity index (χ0) is 15.0. The van der Waals surface area contributed by atoms with Gasteiger partial charge in [0, 0.05) is 5.41 Å². The highest BCUT2D eigenvalue weighted by molar-refractivity contribution is 5.24. The maximum atomic E-state index is 13.3. The van der Waals surface area contributed by atoms with E-state index >= 15 is 0 Å². The second-order valence-electron chi connectivity index (χ2n) is 5.78. The molecule has 0 radical (unpaired) electrons. The Hall–Kier alpha value is -1.06. The van der Waals surface area contributed by atoms with Gasteiger partial charge in [0.05, 0.1) is 7.11 Å². The summed E-state index contributed by atoms with van der Waals surface area (Å²) in [6.07, 6.45) is 8.15. The van der Waals surface area contributed by atoms with Gasteiger partial charge in [-0.3, -0.25) is 0 Å². The number of ether oxygens (including phenoxy) is 1. The van der Waals surface area contributed by atoms with Gasteiger partial charge in [-0.15, -0.1) is 9.37 Å². The fourth-order valence-electron chi connectivity index (χ4n) is 2.66. The van der Waals surface area contributed by atoms with Gasteiger partial charge < -0.3 is 9.15 Å². The lowest BCUT2D eigenvalue weighted by Crippen LogP contribution is -2.22. The van der Waals surface area contributed by atoms with Crippen LogP contribution in [-0.2, 0) is 5.41 Å². The number of oxazole rings is 1. The van der Waals surface area contributed by atoms with E-state index in [2.05, 4.69) is 25.8 Å². The zero-order valence-electron chi connectivity index (χ0n) is 13.3. The Morgan fingerprint density at radius 1 is 1.10 bits per heavy atom. The van der Waals surface area contributed by atoms with Crippen molar-refractivity contribution in [2.75, 3.05) is 7.11 Å². The molecule has 3 nitrogen and oxygen atoms in total. The average Bonchev–Trinajstić information content (AvgIpc) is 2.83. The van der Waals surface area contributed by atoms with E-state index in [9.17, 15) is 4.39 Å². The normalized spacial score (nSPS) is 14.2. The first kappa shape index (κ1) is 17.0. The molecule has 0 bridgehead atoms. The maximum Gasteiger partial charge on any atom is 0.385 e. The van der Waals surface area contributed by atoms with Crippen LogP contribution in [0.2, 0.25) is 0 Å². The van der Waals surface area contributed by atoms with Crippen molar-refractivity contribution in [1.29, 1.82) is 0 Å². The highest BCUT2D eigenvalue weighted by atomic mass is 19.1. The molecule has 1 aromatic rings. The van der Waals surface area contributed by atoms with Crippen LogP contribution in [0.3, 0.4) is 0 Å². The van der Waals surface area contributed by atoms with Crippen molar-refractivity contribution in [2.45, 2.75) is 77.6 Å². The molecule has 1 rings (SSSR count). The highest BCUT2D eigenvalue weighted by Gasteiger charge is 2.34. The monoisotopic (exact) mass is 285 g/mol. The minimum Gasteiger partial charge on any atom is -0.478 e. The second-order valence-corrected chi connectivity index (χ2v) is 5.78. The molecule has 1 aromatic heterocycles. The van der Waals surface area contributed by atoms with E-state index in [0.717, 1.165) is 32.1 Å². The number of hydrogen-bond donors (Lipinski definition) is 0. The summed E-state index contributed by atoms with van der Waals surface area (Å²) >= 11 is 0. The third kappa shape index (κ3) is 4.50. The highest BCUT2D eigenvalue weighted by Crippen LogP contribution is 2.40. The molecular weight excluding hydrogens is 257 g/mol. The van der Waals surface area contributed by atoms with Crippen LogP contribution >= 0.6 is 0 Å². The van der Waals surface area contributed by atoms with Crippen LogP contribution in [0.1, 0.15) is 77.9 Å². The molecule has 20 heavy (non-hydrogen) atoms. The number of nitrogens with zero attached hydrogens (tertiary/aromatic N) is 1. The minimum atomic E-state index is -0.798. The molecule has 0 aliphatic rings. The molecule has 0 aliphatic carbocycles. The molecule has 0 aromatic carbocycles.